The second-order valence-electron chi connectivity index (χ2n) is 8.39. The zero-order valence-corrected chi connectivity index (χ0v) is 19.3. The fourth-order valence-corrected chi connectivity index (χ4v) is 3.38. The lowest BCUT2D eigenvalue weighted by atomic mass is 10.0. The molecule has 3 atom stereocenters. The summed E-state index contributed by atoms with van der Waals surface area (Å²) < 4.78 is 0. The van der Waals surface area contributed by atoms with Crippen LogP contribution in [0.1, 0.15) is 31.5 Å². The van der Waals surface area contributed by atoms with Crippen LogP contribution in [-0.4, -0.2) is 63.4 Å². The maximum atomic E-state index is 13.1. The number of H-pyrrole nitrogens is 1. The summed E-state index contributed by atoms with van der Waals surface area (Å²) in [6.45, 7) is 3.40. The lowest BCUT2D eigenvalue weighted by Gasteiger charge is -2.25. The van der Waals surface area contributed by atoms with Gasteiger partial charge in [-0.1, -0.05) is 44.2 Å². The minimum atomic E-state index is -1.15. The molecular formula is C23H32N6O5. The first kappa shape index (κ1) is 26.5. The second-order valence-corrected chi connectivity index (χ2v) is 8.39. The molecule has 3 amide bonds. The molecule has 34 heavy (non-hydrogen) atoms. The Labute approximate surface area is 197 Å². The first-order chi connectivity index (χ1) is 16.2. The quantitative estimate of drug-likeness (QED) is 0.232. The molecule has 0 saturated carbocycles. The number of carboxylic acid groups (broad SMARTS) is 1. The summed E-state index contributed by atoms with van der Waals surface area (Å²) in [6.07, 6.45) is 3.44. The van der Waals surface area contributed by atoms with Crippen molar-refractivity contribution in [1.29, 1.82) is 0 Å². The highest BCUT2D eigenvalue weighted by molar-refractivity contribution is 5.93. The molecule has 2 aromatic rings. The maximum absolute atomic E-state index is 13.1. The zero-order valence-electron chi connectivity index (χ0n) is 19.3. The van der Waals surface area contributed by atoms with Gasteiger partial charge in [0.1, 0.15) is 18.1 Å². The van der Waals surface area contributed by atoms with Crippen LogP contribution in [0.5, 0.6) is 0 Å². The molecule has 0 aliphatic carbocycles. The van der Waals surface area contributed by atoms with Gasteiger partial charge in [0.15, 0.2) is 0 Å². The molecule has 2 rings (SSSR count). The van der Waals surface area contributed by atoms with E-state index in [1.165, 1.54) is 12.5 Å². The molecule has 184 valence electrons. The number of nitrogens with one attached hydrogen (secondary N) is 4. The van der Waals surface area contributed by atoms with E-state index in [4.69, 9.17) is 5.73 Å². The molecule has 0 fully saturated rings. The number of imidazole rings is 1. The van der Waals surface area contributed by atoms with Crippen LogP contribution >= 0.6 is 0 Å². The first-order valence-electron chi connectivity index (χ1n) is 11.0. The highest BCUT2D eigenvalue weighted by Gasteiger charge is 2.30. The first-order valence-corrected chi connectivity index (χ1v) is 11.0. The zero-order chi connectivity index (χ0) is 25.1. The van der Waals surface area contributed by atoms with Gasteiger partial charge in [0.05, 0.1) is 12.9 Å². The molecule has 0 bridgehead atoms. The van der Waals surface area contributed by atoms with E-state index in [-0.39, 0.29) is 31.7 Å². The molecule has 11 nitrogen and oxygen atoms in total. The van der Waals surface area contributed by atoms with Gasteiger partial charge in [0, 0.05) is 24.7 Å². The topological polar surface area (TPSA) is 179 Å². The number of rotatable bonds is 13. The number of benzene rings is 1. The van der Waals surface area contributed by atoms with Crippen molar-refractivity contribution in [3.05, 3.63) is 54.1 Å². The Kier molecular flexibility index (Phi) is 10.2. The van der Waals surface area contributed by atoms with E-state index in [1.54, 1.807) is 24.3 Å². The summed E-state index contributed by atoms with van der Waals surface area (Å²) in [6, 6.07) is 5.84. The average molecular weight is 473 g/mol. The SMILES string of the molecule is CC(C)CC(NC(=O)C(Cc1ccccc1)NC(=O)C(Cc1cnc[nH]1)NC(=O)CN)C(=O)O. The number of amides is 3. The smallest absolute Gasteiger partial charge is 0.326 e. The van der Waals surface area contributed by atoms with Crippen LogP contribution in [0, 0.1) is 5.92 Å². The molecule has 0 aliphatic heterocycles. The fourth-order valence-electron chi connectivity index (χ4n) is 3.38. The number of nitrogens with two attached hydrogens (primary N) is 1. The van der Waals surface area contributed by atoms with Gasteiger partial charge in [-0.25, -0.2) is 9.78 Å². The van der Waals surface area contributed by atoms with E-state index in [2.05, 4.69) is 25.9 Å². The van der Waals surface area contributed by atoms with Crippen LogP contribution < -0.4 is 21.7 Å². The van der Waals surface area contributed by atoms with E-state index in [9.17, 15) is 24.3 Å². The third-order valence-electron chi connectivity index (χ3n) is 5.05. The van der Waals surface area contributed by atoms with Crippen LogP contribution in [0.4, 0.5) is 0 Å². The normalized spacial score (nSPS) is 13.5. The van der Waals surface area contributed by atoms with Crippen LogP contribution in [0.15, 0.2) is 42.9 Å². The number of carboxylic acids is 1. The minimum Gasteiger partial charge on any atom is -0.480 e. The number of aromatic amines is 1. The molecule has 11 heteroatoms. The van der Waals surface area contributed by atoms with Crippen molar-refractivity contribution >= 4 is 23.7 Å². The number of aliphatic carboxylic acids is 1. The van der Waals surface area contributed by atoms with Crippen molar-refractivity contribution in [3.63, 3.8) is 0 Å². The fraction of sp³-hybridized carbons (Fsp3) is 0.435. The summed E-state index contributed by atoms with van der Waals surface area (Å²) in [5.74, 6) is -2.89. The van der Waals surface area contributed by atoms with Gasteiger partial charge in [-0.05, 0) is 17.9 Å². The number of nitrogens with zero attached hydrogens (tertiary/aromatic N) is 1. The van der Waals surface area contributed by atoms with E-state index in [0.717, 1.165) is 5.56 Å². The highest BCUT2D eigenvalue weighted by atomic mass is 16.4. The number of carbonyl (C=O) groups is 4. The second kappa shape index (κ2) is 13.1. The van der Waals surface area contributed by atoms with Gasteiger partial charge in [0.25, 0.3) is 0 Å². The molecular weight excluding hydrogens is 440 g/mol. The molecule has 3 unspecified atom stereocenters. The third-order valence-corrected chi connectivity index (χ3v) is 5.05. The Morgan fingerprint density at radius 3 is 2.12 bits per heavy atom. The van der Waals surface area contributed by atoms with Gasteiger partial charge in [-0.15, -0.1) is 0 Å². The van der Waals surface area contributed by atoms with Gasteiger partial charge in [-0.2, -0.15) is 0 Å². The van der Waals surface area contributed by atoms with Crippen molar-refractivity contribution in [1.82, 2.24) is 25.9 Å². The third kappa shape index (κ3) is 8.66. The summed E-state index contributed by atoms with van der Waals surface area (Å²) in [7, 11) is 0. The number of hydrogen-bond donors (Lipinski definition) is 6. The monoisotopic (exact) mass is 472 g/mol. The number of aromatic nitrogens is 2. The molecule has 0 radical (unpaired) electrons. The minimum absolute atomic E-state index is 0.0359. The number of hydrogen-bond acceptors (Lipinski definition) is 6. The van der Waals surface area contributed by atoms with E-state index in [0.29, 0.717) is 5.69 Å². The van der Waals surface area contributed by atoms with Gasteiger partial charge < -0.3 is 31.8 Å². The Balaban J connectivity index is 2.23. The van der Waals surface area contributed by atoms with Crippen molar-refractivity contribution in [2.45, 2.75) is 51.2 Å². The van der Waals surface area contributed by atoms with Crippen LogP contribution in [0.2, 0.25) is 0 Å². The molecule has 1 aromatic carbocycles. The standard InChI is InChI=1S/C23H32N6O5/c1-14(2)8-19(23(33)34)29-21(31)17(9-15-6-4-3-5-7-15)28-22(32)18(27-20(30)11-24)10-16-12-25-13-26-16/h3-7,12-14,17-19H,8-11,24H2,1-2H3,(H,25,26)(H,27,30)(H,28,32)(H,29,31)(H,33,34). The average Bonchev–Trinajstić information content (AvgIpc) is 3.31. The summed E-state index contributed by atoms with van der Waals surface area (Å²) >= 11 is 0. The van der Waals surface area contributed by atoms with Crippen LogP contribution in [0.3, 0.4) is 0 Å². The Hall–Kier alpha value is -3.73. The molecule has 0 aliphatic rings. The maximum Gasteiger partial charge on any atom is 0.326 e. The van der Waals surface area contributed by atoms with Gasteiger partial charge >= 0.3 is 5.97 Å². The lowest BCUT2D eigenvalue weighted by Crippen LogP contribution is -2.57. The van der Waals surface area contributed by atoms with Crippen molar-refractivity contribution in [2.24, 2.45) is 11.7 Å². The van der Waals surface area contributed by atoms with E-state index < -0.39 is 41.8 Å². The van der Waals surface area contributed by atoms with Crippen LogP contribution in [0.25, 0.3) is 0 Å². The molecule has 1 heterocycles. The highest BCUT2D eigenvalue weighted by Crippen LogP contribution is 2.09. The molecule has 1 aromatic heterocycles. The predicted molar refractivity (Wildman–Crippen MR) is 124 cm³/mol. The summed E-state index contributed by atoms with van der Waals surface area (Å²) in [5.41, 5.74) is 6.76. The number of carbonyl (C=O) groups excluding carboxylic acids is 3. The van der Waals surface area contributed by atoms with E-state index in [1.807, 2.05) is 19.9 Å². The van der Waals surface area contributed by atoms with Crippen molar-refractivity contribution in [3.8, 4) is 0 Å². The summed E-state index contributed by atoms with van der Waals surface area (Å²) in [4.78, 5) is 56.5. The Bertz CT molecular complexity index is 948. The largest absolute Gasteiger partial charge is 0.480 e. The Morgan fingerprint density at radius 2 is 1.59 bits per heavy atom. The van der Waals surface area contributed by atoms with Gasteiger partial charge in [-0.3, -0.25) is 14.4 Å². The van der Waals surface area contributed by atoms with Crippen molar-refractivity contribution < 1.29 is 24.3 Å². The van der Waals surface area contributed by atoms with Crippen molar-refractivity contribution in [2.75, 3.05) is 6.54 Å². The lowest BCUT2D eigenvalue weighted by molar-refractivity contribution is -0.142. The Morgan fingerprint density at radius 1 is 0.971 bits per heavy atom. The van der Waals surface area contributed by atoms with E-state index >= 15 is 0 Å². The van der Waals surface area contributed by atoms with Crippen LogP contribution in [-0.2, 0) is 32.0 Å². The predicted octanol–water partition coefficient (Wildman–Crippen LogP) is -0.261. The van der Waals surface area contributed by atoms with Gasteiger partial charge in [0.2, 0.25) is 17.7 Å². The summed E-state index contributed by atoms with van der Waals surface area (Å²) in [5, 5.41) is 17.3. The molecule has 7 N–H and O–H groups in total. The molecule has 0 spiro atoms. The molecule has 0 saturated heterocycles.